The van der Waals surface area contributed by atoms with Gasteiger partial charge >= 0.3 is 0 Å². The van der Waals surface area contributed by atoms with Gasteiger partial charge < -0.3 is 10.2 Å². The van der Waals surface area contributed by atoms with E-state index in [2.05, 4.69) is 19.2 Å². The minimum absolute atomic E-state index is 0.114. The zero-order valence-electron chi connectivity index (χ0n) is 11.9. The van der Waals surface area contributed by atoms with E-state index in [1.807, 2.05) is 43.0 Å². The summed E-state index contributed by atoms with van der Waals surface area (Å²) in [6.07, 6.45) is 0.975. The molecule has 3 heteroatoms. The lowest BCUT2D eigenvalue weighted by Crippen LogP contribution is -2.38. The molecule has 0 saturated heterocycles. The van der Waals surface area contributed by atoms with Gasteiger partial charge in [0, 0.05) is 24.8 Å². The second kappa shape index (κ2) is 7.04. The summed E-state index contributed by atoms with van der Waals surface area (Å²) in [5.74, 6) is 0.114. The van der Waals surface area contributed by atoms with Crippen LogP contribution in [0, 0.1) is 0 Å². The number of carbonyl (C=O) groups excluding carboxylic acids is 1. The van der Waals surface area contributed by atoms with Crippen LogP contribution in [0.2, 0.25) is 0 Å². The van der Waals surface area contributed by atoms with Crippen LogP contribution in [0.3, 0.4) is 0 Å². The Hall–Kier alpha value is -1.51. The first-order valence-corrected chi connectivity index (χ1v) is 6.79. The van der Waals surface area contributed by atoms with Crippen LogP contribution in [0.15, 0.2) is 24.3 Å². The fourth-order valence-corrected chi connectivity index (χ4v) is 2.04. The van der Waals surface area contributed by atoms with Gasteiger partial charge in [-0.25, -0.2) is 0 Å². The summed E-state index contributed by atoms with van der Waals surface area (Å²) in [7, 11) is 0. The molecular weight excluding hydrogens is 224 g/mol. The monoisotopic (exact) mass is 248 g/mol. The van der Waals surface area contributed by atoms with Crippen LogP contribution in [-0.2, 0) is 0 Å². The molecule has 0 bridgehead atoms. The van der Waals surface area contributed by atoms with Gasteiger partial charge in [-0.2, -0.15) is 0 Å². The van der Waals surface area contributed by atoms with Crippen LogP contribution < -0.4 is 5.32 Å². The summed E-state index contributed by atoms with van der Waals surface area (Å²) < 4.78 is 0. The van der Waals surface area contributed by atoms with Gasteiger partial charge in [0.05, 0.1) is 5.56 Å². The van der Waals surface area contributed by atoms with Crippen molar-refractivity contribution in [2.24, 2.45) is 0 Å². The van der Waals surface area contributed by atoms with E-state index in [0.717, 1.165) is 30.8 Å². The number of anilines is 1. The van der Waals surface area contributed by atoms with Gasteiger partial charge in [0.15, 0.2) is 0 Å². The predicted octanol–water partition coefficient (Wildman–Crippen LogP) is 3.38. The number of amides is 1. The Balaban J connectivity index is 3.01. The van der Waals surface area contributed by atoms with E-state index < -0.39 is 0 Å². The topological polar surface area (TPSA) is 32.3 Å². The molecule has 1 amide bonds. The molecule has 18 heavy (non-hydrogen) atoms. The summed E-state index contributed by atoms with van der Waals surface area (Å²) in [4.78, 5) is 14.5. The van der Waals surface area contributed by atoms with E-state index in [9.17, 15) is 4.79 Å². The molecule has 1 rings (SSSR count). The molecule has 0 saturated carbocycles. The lowest BCUT2D eigenvalue weighted by atomic mass is 10.1. The molecule has 0 spiro atoms. The molecular formula is C15H24N2O. The zero-order valence-corrected chi connectivity index (χ0v) is 11.9. The van der Waals surface area contributed by atoms with Crippen molar-refractivity contribution in [1.82, 2.24) is 4.90 Å². The fraction of sp³-hybridized carbons (Fsp3) is 0.533. The Bertz CT molecular complexity index is 390. The molecule has 1 aromatic carbocycles. The number of nitrogens with zero attached hydrogens (tertiary/aromatic N) is 1. The molecule has 0 heterocycles. The third-order valence-corrected chi connectivity index (χ3v) is 3.25. The largest absolute Gasteiger partial charge is 0.385 e. The van der Waals surface area contributed by atoms with E-state index in [0.29, 0.717) is 0 Å². The first kappa shape index (κ1) is 14.6. The molecule has 1 N–H and O–H groups in total. The zero-order chi connectivity index (χ0) is 13.5. The van der Waals surface area contributed by atoms with E-state index in [-0.39, 0.29) is 11.9 Å². The highest BCUT2D eigenvalue weighted by Gasteiger charge is 2.20. The van der Waals surface area contributed by atoms with Gasteiger partial charge in [0.25, 0.3) is 5.91 Å². The Morgan fingerprint density at radius 2 is 1.94 bits per heavy atom. The number of hydrogen-bond acceptors (Lipinski definition) is 2. The molecule has 1 atom stereocenters. The van der Waals surface area contributed by atoms with Gasteiger partial charge in [-0.05, 0) is 39.3 Å². The second-order valence-corrected chi connectivity index (χ2v) is 4.42. The van der Waals surface area contributed by atoms with E-state index >= 15 is 0 Å². The highest BCUT2D eigenvalue weighted by atomic mass is 16.2. The van der Waals surface area contributed by atoms with Gasteiger partial charge in [0.1, 0.15) is 0 Å². The van der Waals surface area contributed by atoms with Gasteiger partial charge in [-0.3, -0.25) is 4.79 Å². The summed E-state index contributed by atoms with van der Waals surface area (Å²) in [6.45, 7) is 9.83. The summed E-state index contributed by atoms with van der Waals surface area (Å²) >= 11 is 0. The number of benzene rings is 1. The second-order valence-electron chi connectivity index (χ2n) is 4.42. The predicted molar refractivity (Wildman–Crippen MR) is 77.1 cm³/mol. The van der Waals surface area contributed by atoms with Gasteiger partial charge in [-0.15, -0.1) is 0 Å². The maximum Gasteiger partial charge on any atom is 0.256 e. The Morgan fingerprint density at radius 3 is 2.50 bits per heavy atom. The Kier molecular flexibility index (Phi) is 5.69. The highest BCUT2D eigenvalue weighted by Crippen LogP contribution is 2.19. The lowest BCUT2D eigenvalue weighted by Gasteiger charge is -2.28. The third-order valence-electron chi connectivity index (χ3n) is 3.25. The Morgan fingerprint density at radius 1 is 1.28 bits per heavy atom. The van der Waals surface area contributed by atoms with E-state index in [1.54, 1.807) is 0 Å². The summed E-state index contributed by atoms with van der Waals surface area (Å²) in [5.41, 5.74) is 1.69. The van der Waals surface area contributed by atoms with Crippen LogP contribution in [-0.4, -0.2) is 29.9 Å². The van der Waals surface area contributed by atoms with Crippen LogP contribution in [0.25, 0.3) is 0 Å². The van der Waals surface area contributed by atoms with Crippen LogP contribution in [0.1, 0.15) is 44.5 Å². The van der Waals surface area contributed by atoms with Crippen molar-refractivity contribution >= 4 is 11.6 Å². The number of hydrogen-bond donors (Lipinski definition) is 1. The molecule has 100 valence electrons. The number of rotatable bonds is 6. The molecule has 1 unspecified atom stereocenters. The smallest absolute Gasteiger partial charge is 0.256 e. The molecule has 0 aliphatic rings. The van der Waals surface area contributed by atoms with Crippen molar-refractivity contribution in [3.63, 3.8) is 0 Å². The minimum atomic E-state index is 0.114. The average Bonchev–Trinajstić information content (AvgIpc) is 2.40. The maximum atomic E-state index is 12.6. The maximum absolute atomic E-state index is 12.6. The van der Waals surface area contributed by atoms with Crippen LogP contribution in [0.5, 0.6) is 0 Å². The van der Waals surface area contributed by atoms with Crippen molar-refractivity contribution in [2.45, 2.75) is 40.2 Å². The standard InChI is InChI=1S/C15H24N2O/c1-5-12(4)17(7-3)15(18)13-10-8-9-11-14(13)16-6-2/h8-12,16H,5-7H2,1-4H3. The molecule has 0 radical (unpaired) electrons. The first-order valence-electron chi connectivity index (χ1n) is 6.79. The average molecular weight is 248 g/mol. The SMILES string of the molecule is CCNc1ccccc1C(=O)N(CC)C(C)CC. The van der Waals surface area contributed by atoms with Crippen molar-refractivity contribution in [3.05, 3.63) is 29.8 Å². The normalized spacial score (nSPS) is 12.0. The Labute approximate surface area is 110 Å². The van der Waals surface area contributed by atoms with Crippen molar-refractivity contribution in [1.29, 1.82) is 0 Å². The van der Waals surface area contributed by atoms with Crippen molar-refractivity contribution in [2.75, 3.05) is 18.4 Å². The molecule has 0 aliphatic carbocycles. The van der Waals surface area contributed by atoms with Crippen molar-refractivity contribution < 1.29 is 4.79 Å². The van der Waals surface area contributed by atoms with Gasteiger partial charge in [-0.1, -0.05) is 19.1 Å². The van der Waals surface area contributed by atoms with Crippen LogP contribution >= 0.6 is 0 Å². The molecule has 3 nitrogen and oxygen atoms in total. The quantitative estimate of drug-likeness (QED) is 0.837. The molecule has 0 aromatic heterocycles. The number of para-hydroxylation sites is 1. The highest BCUT2D eigenvalue weighted by molar-refractivity contribution is 5.99. The summed E-state index contributed by atoms with van der Waals surface area (Å²) in [5, 5.41) is 3.25. The van der Waals surface area contributed by atoms with Gasteiger partial charge in [0.2, 0.25) is 0 Å². The third kappa shape index (κ3) is 3.25. The molecule has 0 fully saturated rings. The fourth-order valence-electron chi connectivity index (χ4n) is 2.04. The number of carbonyl (C=O) groups is 1. The lowest BCUT2D eigenvalue weighted by molar-refractivity contribution is 0.0701. The summed E-state index contributed by atoms with van der Waals surface area (Å²) in [6, 6.07) is 8.00. The van der Waals surface area contributed by atoms with Crippen LogP contribution in [0.4, 0.5) is 5.69 Å². The molecule has 1 aromatic rings. The van der Waals surface area contributed by atoms with Crippen molar-refractivity contribution in [3.8, 4) is 0 Å². The van der Waals surface area contributed by atoms with E-state index in [4.69, 9.17) is 0 Å². The minimum Gasteiger partial charge on any atom is -0.385 e. The number of nitrogens with one attached hydrogen (secondary N) is 1. The van der Waals surface area contributed by atoms with E-state index in [1.165, 1.54) is 0 Å². The molecule has 0 aliphatic heterocycles. The first-order chi connectivity index (χ1) is 8.65.